The molecule has 288 valence electrons. The molecular formula is C40H53ClN4O7S. The van der Waals surface area contributed by atoms with Crippen molar-refractivity contribution in [3.63, 3.8) is 0 Å². The molecule has 0 unspecified atom stereocenters. The third-order valence-corrected chi connectivity index (χ3v) is 15.0. The number of nitrogens with one attached hydrogen (secondary N) is 1. The summed E-state index contributed by atoms with van der Waals surface area (Å²) in [5.41, 5.74) is 2.64. The fourth-order valence-corrected chi connectivity index (χ4v) is 10.9. The largest absolute Gasteiger partial charge is 0.490 e. The lowest BCUT2D eigenvalue weighted by Gasteiger charge is -2.52. The van der Waals surface area contributed by atoms with E-state index in [4.69, 9.17) is 25.8 Å². The van der Waals surface area contributed by atoms with E-state index < -0.39 is 26.8 Å². The number of benzene rings is 2. The number of hydrogen-bond acceptors (Lipinski definition) is 9. The smallest absolute Gasteiger partial charge is 0.409 e. The topological polar surface area (TPSA) is 118 Å². The summed E-state index contributed by atoms with van der Waals surface area (Å²) in [7, 11) is -0.788. The number of carbonyl (C=O) groups is 2. The van der Waals surface area contributed by atoms with E-state index in [1.165, 1.54) is 18.2 Å². The number of hydrogen-bond donors (Lipinski definition) is 1. The maximum absolute atomic E-state index is 13.6. The van der Waals surface area contributed by atoms with Gasteiger partial charge in [-0.1, -0.05) is 36.7 Å². The third-order valence-electron chi connectivity index (χ3n) is 12.9. The molecule has 3 aliphatic heterocycles. The van der Waals surface area contributed by atoms with E-state index in [1.807, 2.05) is 25.1 Å². The summed E-state index contributed by atoms with van der Waals surface area (Å²) < 4.78 is 47.8. The monoisotopic (exact) mass is 768 g/mol. The van der Waals surface area contributed by atoms with Crippen molar-refractivity contribution < 1.29 is 32.2 Å². The van der Waals surface area contributed by atoms with Gasteiger partial charge >= 0.3 is 6.09 Å². The van der Waals surface area contributed by atoms with Crippen molar-refractivity contribution >= 4 is 39.3 Å². The van der Waals surface area contributed by atoms with E-state index in [0.717, 1.165) is 49.4 Å². The van der Waals surface area contributed by atoms with Crippen LogP contribution in [0.25, 0.3) is 0 Å². The third kappa shape index (κ3) is 7.41. The average molecular weight is 769 g/mol. The maximum atomic E-state index is 13.6. The van der Waals surface area contributed by atoms with Crippen molar-refractivity contribution in [2.24, 2.45) is 17.8 Å². The van der Waals surface area contributed by atoms with Crippen LogP contribution >= 0.6 is 11.6 Å². The molecule has 1 saturated heterocycles. The number of aryl methyl sites for hydroxylation is 1. The van der Waals surface area contributed by atoms with Gasteiger partial charge in [0.25, 0.3) is 5.91 Å². The van der Waals surface area contributed by atoms with Crippen LogP contribution < -0.4 is 14.4 Å². The number of amides is 2. The highest BCUT2D eigenvalue weighted by molar-refractivity contribution is 7.90. The number of methoxy groups -OCH3 is 2. The number of anilines is 1. The van der Waals surface area contributed by atoms with Crippen molar-refractivity contribution in [1.29, 1.82) is 0 Å². The van der Waals surface area contributed by atoms with Gasteiger partial charge < -0.3 is 24.0 Å². The molecule has 2 aromatic carbocycles. The zero-order valence-electron chi connectivity index (χ0n) is 31.3. The number of nitrogens with zero attached hydrogens (tertiary/aromatic N) is 3. The Bertz CT molecular complexity index is 1850. The molecule has 3 heterocycles. The summed E-state index contributed by atoms with van der Waals surface area (Å²) in [6, 6.07) is 11.5. The highest BCUT2D eigenvalue weighted by Crippen LogP contribution is 2.49. The molecule has 2 amide bonds. The number of ether oxygens (including phenoxy) is 3. The zero-order valence-corrected chi connectivity index (χ0v) is 32.9. The Balaban J connectivity index is 1.28. The van der Waals surface area contributed by atoms with E-state index >= 15 is 0 Å². The first-order valence-electron chi connectivity index (χ1n) is 19.0. The number of piperazine rings is 1. The minimum atomic E-state index is -3.99. The molecule has 2 aliphatic carbocycles. The van der Waals surface area contributed by atoms with Gasteiger partial charge in [-0.15, -0.1) is 0 Å². The molecule has 0 radical (unpaired) electrons. The first kappa shape index (κ1) is 38.0. The molecule has 13 heteroatoms. The van der Waals surface area contributed by atoms with Gasteiger partial charge in [-0.2, -0.15) is 0 Å². The standard InChI is InChI=1S/C40H53ClN4O7S/c1-27-7-5-16-40(51-4,25-43-17-19-44(20-18-43)38(47)50-3)34-12-9-31(34)23-45-24-39(15-6-8-29-21-32(41)11-13-33(29)39)26-52-36-14-10-30(22-35(36)45)37(46)42-53(48,49)28(27)2/h5,10-11,13-14,16,21-22,27-28,31,34H,6-9,12,15,17-20,23-26H2,1-4H3,(H,42,46)/b16-5+/t27-,28+,31-,34+,39-,40+/m0/s1. The molecule has 11 nitrogen and oxygen atoms in total. The van der Waals surface area contributed by atoms with E-state index in [1.54, 1.807) is 25.0 Å². The summed E-state index contributed by atoms with van der Waals surface area (Å²) in [6.45, 7) is 8.63. The predicted molar refractivity (Wildman–Crippen MR) is 205 cm³/mol. The molecule has 6 atom stereocenters. The van der Waals surface area contributed by atoms with Gasteiger partial charge in [-0.3, -0.25) is 9.69 Å². The predicted octanol–water partition coefficient (Wildman–Crippen LogP) is 5.65. The van der Waals surface area contributed by atoms with E-state index in [2.05, 4.69) is 38.8 Å². The molecular weight excluding hydrogens is 716 g/mol. The summed E-state index contributed by atoms with van der Waals surface area (Å²) in [5, 5.41) is -0.0878. The molecule has 7 rings (SSSR count). The Labute approximate surface area is 319 Å². The number of allylic oxidation sites excluding steroid dienone is 1. The first-order valence-corrected chi connectivity index (χ1v) is 20.9. The number of fused-ring (bicyclic) bond motifs is 4. The van der Waals surface area contributed by atoms with Crippen molar-refractivity contribution in [2.75, 3.05) is 71.5 Å². The summed E-state index contributed by atoms with van der Waals surface area (Å²) >= 11 is 6.49. The normalized spacial score (nSPS) is 32.3. The van der Waals surface area contributed by atoms with Crippen LogP contribution in [0.3, 0.4) is 0 Å². The summed E-state index contributed by atoms with van der Waals surface area (Å²) in [5.74, 6) is 0.231. The molecule has 1 spiro atoms. The Morgan fingerprint density at radius 1 is 1.08 bits per heavy atom. The highest BCUT2D eigenvalue weighted by atomic mass is 35.5. The van der Waals surface area contributed by atoms with Crippen LogP contribution in [-0.2, 0) is 31.3 Å². The van der Waals surface area contributed by atoms with Gasteiger partial charge in [0.15, 0.2) is 0 Å². The molecule has 1 saturated carbocycles. The van der Waals surface area contributed by atoms with E-state index in [0.29, 0.717) is 58.0 Å². The Morgan fingerprint density at radius 2 is 1.87 bits per heavy atom. The minimum Gasteiger partial charge on any atom is -0.490 e. The lowest BCUT2D eigenvalue weighted by atomic mass is 9.63. The van der Waals surface area contributed by atoms with Gasteiger partial charge in [0.2, 0.25) is 10.0 Å². The molecule has 2 fully saturated rings. The van der Waals surface area contributed by atoms with Crippen LogP contribution in [0.5, 0.6) is 5.75 Å². The van der Waals surface area contributed by atoms with Crippen molar-refractivity contribution in [3.05, 3.63) is 70.3 Å². The van der Waals surface area contributed by atoms with Crippen LogP contribution in [0.4, 0.5) is 10.5 Å². The second-order valence-electron chi connectivity index (χ2n) is 15.9. The van der Waals surface area contributed by atoms with E-state index in [9.17, 15) is 18.0 Å². The Hall–Kier alpha value is -3.32. The minimum absolute atomic E-state index is 0.180. The van der Waals surface area contributed by atoms with Gasteiger partial charge in [0.05, 0.1) is 24.7 Å². The maximum Gasteiger partial charge on any atom is 0.409 e. The van der Waals surface area contributed by atoms with Crippen LogP contribution in [0.1, 0.15) is 67.4 Å². The number of rotatable bonds is 3. The fraction of sp³-hybridized carbons (Fsp3) is 0.600. The Morgan fingerprint density at radius 3 is 2.58 bits per heavy atom. The summed E-state index contributed by atoms with van der Waals surface area (Å²) in [4.78, 5) is 32.4. The number of carbonyl (C=O) groups excluding carboxylic acids is 2. The molecule has 1 N–H and O–H groups in total. The van der Waals surface area contributed by atoms with Crippen molar-refractivity contribution in [2.45, 2.75) is 68.6 Å². The van der Waals surface area contributed by atoms with Crippen LogP contribution in [0.15, 0.2) is 48.6 Å². The van der Waals surface area contributed by atoms with Gasteiger partial charge in [0, 0.05) is 68.9 Å². The number of sulfonamides is 1. The second kappa shape index (κ2) is 15.1. The zero-order chi connectivity index (χ0) is 37.5. The highest BCUT2D eigenvalue weighted by Gasteiger charge is 2.50. The van der Waals surface area contributed by atoms with Crippen LogP contribution in [-0.4, -0.2) is 108 Å². The molecule has 0 aromatic heterocycles. The Kier molecular flexibility index (Phi) is 10.8. The van der Waals surface area contributed by atoms with Gasteiger partial charge in [-0.25, -0.2) is 17.9 Å². The molecule has 5 aliphatic rings. The second-order valence-corrected chi connectivity index (χ2v) is 18.4. The SMILES string of the molecule is COC(=O)N1CCN(C[C@]2(OC)/C=C/C[C@H](C)[C@@H](C)S(=O)(=O)NC(=O)c3ccc4c(c3)N(C[C@@H]3CC[C@H]32)C[C@@]2(CCCc3cc(Cl)ccc32)CO4)CC1. The lowest BCUT2D eigenvalue weighted by Crippen LogP contribution is -2.59. The van der Waals surface area contributed by atoms with Crippen LogP contribution in [0.2, 0.25) is 5.02 Å². The van der Waals surface area contributed by atoms with Crippen molar-refractivity contribution in [3.8, 4) is 5.75 Å². The van der Waals surface area contributed by atoms with E-state index in [-0.39, 0.29) is 34.8 Å². The van der Waals surface area contributed by atoms with Crippen molar-refractivity contribution in [1.82, 2.24) is 14.5 Å². The van der Waals surface area contributed by atoms with Gasteiger partial charge in [0.1, 0.15) is 11.4 Å². The van der Waals surface area contributed by atoms with Gasteiger partial charge in [-0.05, 0) is 105 Å². The quantitative estimate of drug-likeness (QED) is 0.396. The molecule has 2 aromatic rings. The van der Waals surface area contributed by atoms with Crippen LogP contribution in [0, 0.1) is 17.8 Å². The fourth-order valence-electron chi connectivity index (χ4n) is 9.37. The summed E-state index contributed by atoms with van der Waals surface area (Å²) in [6.07, 6.45) is 9.37. The first-order chi connectivity index (χ1) is 25.4. The molecule has 2 bridgehead atoms. The lowest BCUT2D eigenvalue weighted by molar-refractivity contribution is -0.0949. The number of halogens is 1. The molecule has 53 heavy (non-hydrogen) atoms. The average Bonchev–Trinajstić information content (AvgIpc) is 3.28.